The van der Waals surface area contributed by atoms with Crippen molar-refractivity contribution < 1.29 is 9.59 Å². The highest BCUT2D eigenvalue weighted by Crippen LogP contribution is 2.37. The predicted molar refractivity (Wildman–Crippen MR) is 142 cm³/mol. The molecule has 33 heavy (non-hydrogen) atoms. The van der Waals surface area contributed by atoms with Gasteiger partial charge < -0.3 is 0 Å². The molecule has 2 nitrogen and oxygen atoms in total. The van der Waals surface area contributed by atoms with Gasteiger partial charge in [-0.25, -0.2) is 0 Å². The minimum absolute atomic E-state index is 0.0178. The summed E-state index contributed by atoms with van der Waals surface area (Å²) in [5, 5.41) is 2.24. The first-order chi connectivity index (χ1) is 16.0. The molecule has 0 aromatic heterocycles. The van der Waals surface area contributed by atoms with Crippen LogP contribution >= 0.6 is 23.5 Å². The van der Waals surface area contributed by atoms with E-state index in [-0.39, 0.29) is 10.2 Å². The number of carbonyl (C=O) groups excluding carboxylic acids is 2. The van der Waals surface area contributed by atoms with Gasteiger partial charge in [-0.2, -0.15) is 0 Å². The summed E-state index contributed by atoms with van der Waals surface area (Å²) >= 11 is 2.37. The van der Waals surface area contributed by atoms with E-state index in [1.165, 1.54) is 29.6 Å². The molecular weight excluding hydrogens is 444 g/mol. The van der Waals surface area contributed by atoms with E-state index in [2.05, 4.69) is 49.6 Å². The molecule has 0 heterocycles. The van der Waals surface area contributed by atoms with E-state index >= 15 is 0 Å². The maximum absolute atomic E-state index is 11.9. The molecule has 0 atom stereocenters. The second-order valence-electron chi connectivity index (χ2n) is 7.55. The topological polar surface area (TPSA) is 34.1 Å². The Hall–Kier alpha value is -3.34. The summed E-state index contributed by atoms with van der Waals surface area (Å²) in [6, 6.07) is 28.7. The Labute approximate surface area is 202 Å². The van der Waals surface area contributed by atoms with Gasteiger partial charge in [-0.15, -0.1) is 0 Å². The van der Waals surface area contributed by atoms with Crippen LogP contribution in [0.1, 0.15) is 6.92 Å². The number of thioether (sulfide) groups is 2. The molecule has 0 aliphatic carbocycles. The van der Waals surface area contributed by atoms with Gasteiger partial charge in [0.15, 0.2) is 0 Å². The number of hydrogen-bond acceptors (Lipinski definition) is 4. The van der Waals surface area contributed by atoms with Crippen LogP contribution in [0.3, 0.4) is 0 Å². The van der Waals surface area contributed by atoms with Gasteiger partial charge in [0, 0.05) is 9.79 Å². The van der Waals surface area contributed by atoms with E-state index in [1.54, 1.807) is 6.92 Å². The largest absolute Gasteiger partial charge is 0.282 e. The first-order valence-corrected chi connectivity index (χ1v) is 12.0. The summed E-state index contributed by atoms with van der Waals surface area (Å²) in [5.41, 5.74) is 5.02. The van der Waals surface area contributed by atoms with Crippen molar-refractivity contribution in [1.29, 1.82) is 0 Å². The zero-order valence-corrected chi connectivity index (χ0v) is 19.8. The zero-order chi connectivity index (χ0) is 23.4. The molecule has 4 rings (SSSR count). The fraction of sp³-hybridized carbons (Fsp3) is 0.0345. The molecular formula is C29H22O2S2. The minimum Gasteiger partial charge on any atom is -0.282 e. The highest BCUT2D eigenvalue weighted by Gasteiger charge is 2.11. The molecule has 4 heteroatoms. The third-order valence-electron chi connectivity index (χ3n) is 5.20. The number of carbonyl (C=O) groups is 2. The lowest BCUT2D eigenvalue weighted by atomic mass is 9.92. The van der Waals surface area contributed by atoms with Crippen molar-refractivity contribution in [2.75, 3.05) is 0 Å². The van der Waals surface area contributed by atoms with Gasteiger partial charge in [0.25, 0.3) is 0 Å². The second-order valence-corrected chi connectivity index (χ2v) is 9.67. The molecule has 0 spiro atoms. The van der Waals surface area contributed by atoms with Crippen LogP contribution in [-0.4, -0.2) is 10.2 Å². The van der Waals surface area contributed by atoms with Gasteiger partial charge in [-0.1, -0.05) is 73.8 Å². The molecule has 4 aromatic rings. The molecule has 4 aromatic carbocycles. The van der Waals surface area contributed by atoms with Crippen molar-refractivity contribution in [3.63, 3.8) is 0 Å². The third-order valence-corrected chi connectivity index (χ3v) is 7.12. The number of benzene rings is 4. The van der Waals surface area contributed by atoms with Crippen molar-refractivity contribution >= 4 is 44.5 Å². The van der Waals surface area contributed by atoms with E-state index in [0.717, 1.165) is 42.8 Å². The van der Waals surface area contributed by atoms with E-state index in [9.17, 15) is 9.59 Å². The minimum atomic E-state index is -0.0639. The van der Waals surface area contributed by atoms with Crippen LogP contribution in [0.5, 0.6) is 0 Å². The van der Waals surface area contributed by atoms with Crippen molar-refractivity contribution in [3.8, 4) is 22.3 Å². The lowest BCUT2D eigenvalue weighted by Crippen LogP contribution is -1.91. The molecule has 0 aliphatic rings. The Bertz CT molecular complexity index is 1370. The normalized spacial score (nSPS) is 10.7. The number of rotatable bonds is 6. The summed E-state index contributed by atoms with van der Waals surface area (Å²) < 4.78 is 0. The molecule has 0 radical (unpaired) electrons. The van der Waals surface area contributed by atoms with Crippen molar-refractivity contribution in [2.45, 2.75) is 16.7 Å². The molecule has 0 saturated carbocycles. The quantitative estimate of drug-likeness (QED) is 0.212. The van der Waals surface area contributed by atoms with Crippen LogP contribution in [0.2, 0.25) is 0 Å². The van der Waals surface area contributed by atoms with Gasteiger partial charge in [-0.05, 0) is 99.4 Å². The van der Waals surface area contributed by atoms with Gasteiger partial charge in [0.05, 0.1) is 0 Å². The van der Waals surface area contributed by atoms with Gasteiger partial charge in [0.2, 0.25) is 10.2 Å². The van der Waals surface area contributed by atoms with E-state index < -0.39 is 0 Å². The number of fused-ring (bicyclic) bond motifs is 1. The highest BCUT2D eigenvalue weighted by molar-refractivity contribution is 8.14. The summed E-state index contributed by atoms with van der Waals surface area (Å²) in [7, 11) is 0. The van der Waals surface area contributed by atoms with Crippen molar-refractivity contribution in [1.82, 2.24) is 0 Å². The van der Waals surface area contributed by atoms with Gasteiger partial charge in [0.1, 0.15) is 0 Å². The lowest BCUT2D eigenvalue weighted by Gasteiger charge is -2.13. The van der Waals surface area contributed by atoms with Crippen molar-refractivity contribution in [3.05, 3.63) is 110 Å². The summed E-state index contributed by atoms with van der Waals surface area (Å²) in [4.78, 5) is 25.4. The maximum atomic E-state index is 11.9. The Morgan fingerprint density at radius 3 is 1.58 bits per heavy atom. The zero-order valence-electron chi connectivity index (χ0n) is 18.2. The van der Waals surface area contributed by atoms with E-state index in [0.29, 0.717) is 5.57 Å². The Balaban J connectivity index is 1.69. The van der Waals surface area contributed by atoms with E-state index in [4.69, 9.17) is 0 Å². The molecule has 0 N–H and O–H groups in total. The lowest BCUT2D eigenvalue weighted by molar-refractivity contribution is -0.108. The van der Waals surface area contributed by atoms with Crippen LogP contribution in [0.15, 0.2) is 120 Å². The van der Waals surface area contributed by atoms with Crippen LogP contribution in [0.25, 0.3) is 33.0 Å². The summed E-state index contributed by atoms with van der Waals surface area (Å²) in [6.45, 7) is 8.96. The predicted octanol–water partition coefficient (Wildman–Crippen LogP) is 8.17. The first-order valence-electron chi connectivity index (χ1n) is 10.4. The van der Waals surface area contributed by atoms with E-state index in [1.807, 2.05) is 48.5 Å². The Kier molecular flexibility index (Phi) is 6.97. The van der Waals surface area contributed by atoms with Gasteiger partial charge >= 0.3 is 0 Å². The Morgan fingerprint density at radius 2 is 1.15 bits per heavy atom. The average Bonchev–Trinajstić information content (AvgIpc) is 2.84. The molecule has 0 bridgehead atoms. The second kappa shape index (κ2) is 10.1. The Morgan fingerprint density at radius 1 is 0.697 bits per heavy atom. The van der Waals surface area contributed by atoms with Crippen LogP contribution in [0.4, 0.5) is 0 Å². The third kappa shape index (κ3) is 5.19. The average molecular weight is 467 g/mol. The summed E-state index contributed by atoms with van der Waals surface area (Å²) in [6.07, 6.45) is 1.33. The maximum Gasteiger partial charge on any atom is 0.219 e. The molecule has 0 unspecified atom stereocenters. The van der Waals surface area contributed by atoms with Crippen LogP contribution in [-0.2, 0) is 9.59 Å². The van der Waals surface area contributed by atoms with Crippen molar-refractivity contribution in [2.24, 2.45) is 0 Å². The fourth-order valence-corrected chi connectivity index (χ4v) is 4.81. The molecule has 162 valence electrons. The van der Waals surface area contributed by atoms with Crippen LogP contribution < -0.4 is 0 Å². The summed E-state index contributed by atoms with van der Waals surface area (Å²) in [5.74, 6) is 0. The molecule has 0 aliphatic heterocycles. The molecule has 0 amide bonds. The SMILES string of the molecule is C=CC(=O)Sc1ccc(-c2ccc(-c3ccc(SC(=O)C(=C)C)cc3)c3ccccc23)cc1. The highest BCUT2D eigenvalue weighted by atomic mass is 32.2. The number of hydrogen-bond donors (Lipinski definition) is 0. The van der Waals surface area contributed by atoms with Crippen LogP contribution in [0, 0.1) is 0 Å². The molecule has 0 fully saturated rings. The molecule has 0 saturated heterocycles. The monoisotopic (exact) mass is 466 g/mol. The fourth-order valence-electron chi connectivity index (χ4n) is 3.56. The van der Waals surface area contributed by atoms with Gasteiger partial charge in [-0.3, -0.25) is 9.59 Å². The first kappa shape index (κ1) is 22.8. The standard InChI is InChI=1S/C29H22O2S2/c1-4-28(30)32-22-13-9-20(10-14-22)24-17-18-25(27-8-6-5-7-26(24)27)21-11-15-23(16-12-21)33-29(31)19(2)3/h4-18H,1-2H2,3H3. The smallest absolute Gasteiger partial charge is 0.219 e.